The molecular weight excluding hydrogens is 332 g/mol. The number of benzene rings is 1. The third-order valence-electron chi connectivity index (χ3n) is 2.79. The number of hydrogen-bond acceptors (Lipinski definition) is 7. The average Bonchev–Trinajstić information content (AvgIpc) is 3.06. The zero-order chi connectivity index (χ0) is 17.4. The Bertz CT molecular complexity index is 717. The van der Waals surface area contributed by atoms with Crippen LogP contribution in [-0.2, 0) is 20.9 Å². The topological polar surface area (TPSA) is 123 Å². The summed E-state index contributed by atoms with van der Waals surface area (Å²) in [5.41, 5.74) is 6.08. The summed E-state index contributed by atoms with van der Waals surface area (Å²) in [6.45, 7) is -0.227. The molecule has 126 valence electrons. The predicted octanol–water partition coefficient (Wildman–Crippen LogP) is 0.513. The first-order valence-electron chi connectivity index (χ1n) is 7.00. The number of nitrogens with one attached hydrogen (secondary N) is 2. The molecule has 0 saturated carbocycles. The zero-order valence-electron chi connectivity index (χ0n) is 12.7. The van der Waals surface area contributed by atoms with Crippen molar-refractivity contribution in [2.75, 3.05) is 18.5 Å². The van der Waals surface area contributed by atoms with Crippen LogP contribution in [0.2, 0.25) is 0 Å². The van der Waals surface area contributed by atoms with Crippen molar-refractivity contribution >= 4 is 34.3 Å². The Balaban J connectivity index is 1.78. The van der Waals surface area contributed by atoms with Crippen LogP contribution < -0.4 is 16.4 Å². The Labute approximate surface area is 142 Å². The van der Waals surface area contributed by atoms with Gasteiger partial charge in [0.05, 0.1) is 6.54 Å². The molecule has 2 amide bonds. The molecule has 0 atom stereocenters. The number of nitrogens with zero attached hydrogens (tertiary/aromatic N) is 1. The average molecular weight is 348 g/mol. The van der Waals surface area contributed by atoms with Gasteiger partial charge < -0.3 is 21.1 Å². The molecule has 0 spiro atoms. The minimum atomic E-state index is -0.715. The standard InChI is InChI=1S/C15H16N4O4S/c16-12(20)7-17-13(21)8-23-14(22)11-9-24-15(19-11)18-6-10-4-2-1-3-5-10/h1-5,9H,6-8H2,(H2,16,20)(H,17,21)(H,18,19). The first kappa shape index (κ1) is 17.4. The third kappa shape index (κ3) is 5.69. The molecule has 0 aliphatic carbocycles. The lowest BCUT2D eigenvalue weighted by Crippen LogP contribution is -2.36. The fraction of sp³-hybridized carbons (Fsp3) is 0.200. The Morgan fingerprint density at radius 1 is 1.21 bits per heavy atom. The van der Waals surface area contributed by atoms with E-state index in [1.807, 2.05) is 30.3 Å². The minimum Gasteiger partial charge on any atom is -0.451 e. The molecule has 0 aliphatic rings. The normalized spacial score (nSPS) is 10.0. The van der Waals surface area contributed by atoms with Gasteiger partial charge in [0.2, 0.25) is 5.91 Å². The van der Waals surface area contributed by atoms with Crippen molar-refractivity contribution in [3.63, 3.8) is 0 Å². The van der Waals surface area contributed by atoms with E-state index in [0.717, 1.165) is 5.56 Å². The van der Waals surface area contributed by atoms with E-state index in [9.17, 15) is 14.4 Å². The molecule has 1 aromatic carbocycles. The summed E-state index contributed by atoms with van der Waals surface area (Å²) < 4.78 is 4.81. The Morgan fingerprint density at radius 3 is 2.67 bits per heavy atom. The maximum atomic E-state index is 11.8. The molecule has 0 saturated heterocycles. The summed E-state index contributed by atoms with van der Waals surface area (Å²) in [5.74, 6) is -2.00. The predicted molar refractivity (Wildman–Crippen MR) is 88.4 cm³/mol. The number of aromatic nitrogens is 1. The van der Waals surface area contributed by atoms with Crippen molar-refractivity contribution in [1.29, 1.82) is 0 Å². The molecule has 1 heterocycles. The molecule has 2 rings (SSSR count). The van der Waals surface area contributed by atoms with Gasteiger partial charge in [0.15, 0.2) is 17.4 Å². The van der Waals surface area contributed by atoms with Gasteiger partial charge in [-0.15, -0.1) is 11.3 Å². The molecule has 2 aromatic rings. The number of hydrogen-bond donors (Lipinski definition) is 3. The fourth-order valence-corrected chi connectivity index (χ4v) is 2.34. The molecule has 9 heteroatoms. The van der Waals surface area contributed by atoms with Gasteiger partial charge >= 0.3 is 5.97 Å². The van der Waals surface area contributed by atoms with Crippen LogP contribution in [0.1, 0.15) is 16.1 Å². The molecule has 1 aromatic heterocycles. The van der Waals surface area contributed by atoms with E-state index in [-0.39, 0.29) is 12.2 Å². The zero-order valence-corrected chi connectivity index (χ0v) is 13.5. The summed E-state index contributed by atoms with van der Waals surface area (Å²) in [7, 11) is 0. The smallest absolute Gasteiger partial charge is 0.358 e. The van der Waals surface area contributed by atoms with Crippen molar-refractivity contribution in [2.45, 2.75) is 6.54 Å². The second-order valence-electron chi connectivity index (χ2n) is 4.70. The van der Waals surface area contributed by atoms with E-state index >= 15 is 0 Å². The largest absolute Gasteiger partial charge is 0.451 e. The quantitative estimate of drug-likeness (QED) is 0.597. The van der Waals surface area contributed by atoms with Crippen LogP contribution in [0.15, 0.2) is 35.7 Å². The first-order chi connectivity index (χ1) is 11.5. The number of nitrogens with two attached hydrogens (primary N) is 1. The Kier molecular flexibility index (Phi) is 6.26. The molecule has 0 aliphatic heterocycles. The third-order valence-corrected chi connectivity index (χ3v) is 3.59. The molecule has 0 bridgehead atoms. The minimum absolute atomic E-state index is 0.110. The van der Waals surface area contributed by atoms with E-state index in [0.29, 0.717) is 11.7 Å². The van der Waals surface area contributed by atoms with Crippen LogP contribution in [0.25, 0.3) is 0 Å². The van der Waals surface area contributed by atoms with Crippen LogP contribution in [0.4, 0.5) is 5.13 Å². The van der Waals surface area contributed by atoms with E-state index < -0.39 is 24.4 Å². The van der Waals surface area contributed by atoms with E-state index in [1.165, 1.54) is 16.7 Å². The number of ether oxygens (including phenoxy) is 1. The highest BCUT2D eigenvalue weighted by Crippen LogP contribution is 2.17. The summed E-state index contributed by atoms with van der Waals surface area (Å²) in [6, 6.07) is 9.75. The van der Waals surface area contributed by atoms with E-state index in [1.54, 1.807) is 0 Å². The van der Waals surface area contributed by atoms with Gasteiger partial charge in [0.1, 0.15) is 0 Å². The Morgan fingerprint density at radius 2 is 1.96 bits per heavy atom. The van der Waals surface area contributed by atoms with Crippen LogP contribution in [0.3, 0.4) is 0 Å². The molecule has 0 fully saturated rings. The van der Waals surface area contributed by atoms with E-state index in [2.05, 4.69) is 15.6 Å². The van der Waals surface area contributed by atoms with Gasteiger partial charge in [-0.3, -0.25) is 9.59 Å². The van der Waals surface area contributed by atoms with Gasteiger partial charge in [0.25, 0.3) is 5.91 Å². The van der Waals surface area contributed by atoms with Crippen molar-refractivity contribution in [3.8, 4) is 0 Å². The Hall–Kier alpha value is -2.94. The van der Waals surface area contributed by atoms with Gasteiger partial charge in [0, 0.05) is 11.9 Å². The number of amides is 2. The van der Waals surface area contributed by atoms with Crippen molar-refractivity contribution in [2.24, 2.45) is 5.73 Å². The highest BCUT2D eigenvalue weighted by molar-refractivity contribution is 7.13. The number of carbonyl (C=O) groups excluding carboxylic acids is 3. The highest BCUT2D eigenvalue weighted by atomic mass is 32.1. The van der Waals surface area contributed by atoms with Crippen molar-refractivity contribution in [1.82, 2.24) is 10.3 Å². The lowest BCUT2D eigenvalue weighted by Gasteiger charge is -2.04. The lowest BCUT2D eigenvalue weighted by molar-refractivity contribution is -0.127. The van der Waals surface area contributed by atoms with Gasteiger partial charge in [-0.05, 0) is 5.56 Å². The van der Waals surface area contributed by atoms with Crippen molar-refractivity contribution < 1.29 is 19.1 Å². The second kappa shape index (κ2) is 8.63. The summed E-state index contributed by atoms with van der Waals surface area (Å²) in [5, 5.41) is 7.43. The summed E-state index contributed by atoms with van der Waals surface area (Å²) >= 11 is 1.26. The van der Waals surface area contributed by atoms with Gasteiger partial charge in [-0.1, -0.05) is 30.3 Å². The molecule has 8 nitrogen and oxygen atoms in total. The van der Waals surface area contributed by atoms with Crippen LogP contribution in [0, 0.1) is 0 Å². The SMILES string of the molecule is NC(=O)CNC(=O)COC(=O)c1csc(NCc2ccccc2)n1. The van der Waals surface area contributed by atoms with Gasteiger partial charge in [-0.25, -0.2) is 9.78 Å². The van der Waals surface area contributed by atoms with Crippen LogP contribution in [0.5, 0.6) is 0 Å². The van der Waals surface area contributed by atoms with Gasteiger partial charge in [-0.2, -0.15) is 0 Å². The first-order valence-corrected chi connectivity index (χ1v) is 7.88. The van der Waals surface area contributed by atoms with E-state index in [4.69, 9.17) is 10.5 Å². The lowest BCUT2D eigenvalue weighted by atomic mass is 10.2. The number of thiazole rings is 1. The molecule has 0 radical (unpaired) electrons. The van der Waals surface area contributed by atoms with Crippen LogP contribution >= 0.6 is 11.3 Å². The summed E-state index contributed by atoms with van der Waals surface area (Å²) in [4.78, 5) is 37.7. The monoisotopic (exact) mass is 348 g/mol. The highest BCUT2D eigenvalue weighted by Gasteiger charge is 2.14. The number of primary amides is 1. The fourth-order valence-electron chi connectivity index (χ4n) is 1.66. The maximum absolute atomic E-state index is 11.8. The van der Waals surface area contributed by atoms with Crippen LogP contribution in [-0.4, -0.2) is 35.9 Å². The molecule has 0 unspecified atom stereocenters. The number of anilines is 1. The number of carbonyl (C=O) groups is 3. The number of esters is 1. The second-order valence-corrected chi connectivity index (χ2v) is 5.55. The molecular formula is C15H16N4O4S. The number of rotatable bonds is 8. The molecule has 24 heavy (non-hydrogen) atoms. The molecule has 4 N–H and O–H groups in total. The maximum Gasteiger partial charge on any atom is 0.358 e. The summed E-state index contributed by atoms with van der Waals surface area (Å²) in [6.07, 6.45) is 0. The van der Waals surface area contributed by atoms with Crippen molar-refractivity contribution in [3.05, 3.63) is 47.0 Å².